The van der Waals surface area contributed by atoms with Crippen molar-refractivity contribution in [2.45, 2.75) is 25.2 Å². The second kappa shape index (κ2) is 5.60. The van der Waals surface area contributed by atoms with Gasteiger partial charge in [0.2, 0.25) is 0 Å². The Labute approximate surface area is 102 Å². The fourth-order valence-corrected chi connectivity index (χ4v) is 3.19. The normalized spacial score (nSPS) is 21.1. The molecule has 0 saturated carbocycles. The highest BCUT2D eigenvalue weighted by Gasteiger charge is 2.18. The van der Waals surface area contributed by atoms with Gasteiger partial charge < -0.3 is 10.0 Å². The summed E-state index contributed by atoms with van der Waals surface area (Å²) in [6.45, 7) is 4.68. The maximum atomic E-state index is 9.00. The van der Waals surface area contributed by atoms with Crippen molar-refractivity contribution in [3.8, 4) is 0 Å². The van der Waals surface area contributed by atoms with Crippen LogP contribution in [0.5, 0.6) is 0 Å². The zero-order chi connectivity index (χ0) is 11.4. The zero-order valence-electron chi connectivity index (χ0n) is 9.72. The Balaban J connectivity index is 2.05. The number of thioether (sulfide) groups is 1. The van der Waals surface area contributed by atoms with Crippen molar-refractivity contribution in [3.05, 3.63) is 29.8 Å². The lowest BCUT2D eigenvalue weighted by atomic mass is 10.2. The van der Waals surface area contributed by atoms with Gasteiger partial charge in [-0.15, -0.1) is 0 Å². The van der Waals surface area contributed by atoms with Crippen LogP contribution in [0.2, 0.25) is 0 Å². The topological polar surface area (TPSA) is 23.5 Å². The van der Waals surface area contributed by atoms with Crippen LogP contribution in [0.25, 0.3) is 0 Å². The van der Waals surface area contributed by atoms with Crippen molar-refractivity contribution in [2.75, 3.05) is 23.7 Å². The Kier molecular flexibility index (Phi) is 4.13. The first-order valence-corrected chi connectivity index (χ1v) is 6.94. The average Bonchev–Trinajstić information content (AvgIpc) is 2.39. The number of hydrogen-bond acceptors (Lipinski definition) is 3. The molecule has 1 aromatic carbocycles. The SMILES string of the molecule is CCC1CN(c2ccc(CO)cc2)CCS1. The summed E-state index contributed by atoms with van der Waals surface area (Å²) in [4.78, 5) is 2.45. The van der Waals surface area contributed by atoms with Crippen LogP contribution in [-0.4, -0.2) is 29.2 Å². The van der Waals surface area contributed by atoms with Crippen LogP contribution in [0.4, 0.5) is 5.69 Å². The number of hydrogen-bond donors (Lipinski definition) is 1. The van der Waals surface area contributed by atoms with Crippen molar-refractivity contribution in [1.82, 2.24) is 0 Å². The Bertz CT molecular complexity index is 325. The second-order valence-corrected chi connectivity index (χ2v) is 5.58. The maximum absolute atomic E-state index is 9.00. The minimum atomic E-state index is 0.133. The van der Waals surface area contributed by atoms with Gasteiger partial charge in [-0.05, 0) is 24.1 Å². The molecule has 0 spiro atoms. The molecule has 3 heteroatoms. The first-order valence-electron chi connectivity index (χ1n) is 5.90. The van der Waals surface area contributed by atoms with Crippen molar-refractivity contribution in [1.29, 1.82) is 0 Å². The van der Waals surface area contributed by atoms with Gasteiger partial charge in [-0.25, -0.2) is 0 Å². The zero-order valence-corrected chi connectivity index (χ0v) is 10.5. The molecule has 88 valence electrons. The average molecular weight is 237 g/mol. The summed E-state index contributed by atoms with van der Waals surface area (Å²) in [7, 11) is 0. The number of aliphatic hydroxyl groups excluding tert-OH is 1. The minimum Gasteiger partial charge on any atom is -0.392 e. The molecule has 1 N–H and O–H groups in total. The molecule has 2 nitrogen and oxygen atoms in total. The molecule has 0 amide bonds. The van der Waals surface area contributed by atoms with E-state index < -0.39 is 0 Å². The minimum absolute atomic E-state index is 0.133. The van der Waals surface area contributed by atoms with Gasteiger partial charge in [-0.2, -0.15) is 11.8 Å². The maximum Gasteiger partial charge on any atom is 0.0681 e. The van der Waals surface area contributed by atoms with E-state index in [-0.39, 0.29) is 6.61 Å². The second-order valence-electron chi connectivity index (χ2n) is 4.17. The highest BCUT2D eigenvalue weighted by molar-refractivity contribution is 8.00. The van der Waals surface area contributed by atoms with Crippen molar-refractivity contribution in [3.63, 3.8) is 0 Å². The molecular formula is C13H19NOS. The lowest BCUT2D eigenvalue weighted by Crippen LogP contribution is -2.37. The monoisotopic (exact) mass is 237 g/mol. The van der Waals surface area contributed by atoms with Crippen LogP contribution in [0.15, 0.2) is 24.3 Å². The van der Waals surface area contributed by atoms with Gasteiger partial charge >= 0.3 is 0 Å². The summed E-state index contributed by atoms with van der Waals surface area (Å²) in [6, 6.07) is 8.26. The molecule has 1 aliphatic heterocycles. The summed E-state index contributed by atoms with van der Waals surface area (Å²) < 4.78 is 0. The molecule has 1 atom stereocenters. The fourth-order valence-electron chi connectivity index (χ4n) is 2.01. The van der Waals surface area contributed by atoms with Crippen molar-refractivity contribution < 1.29 is 5.11 Å². The molecule has 1 unspecified atom stereocenters. The smallest absolute Gasteiger partial charge is 0.0681 e. The predicted molar refractivity (Wildman–Crippen MR) is 71.1 cm³/mol. The van der Waals surface area contributed by atoms with E-state index in [0.717, 1.165) is 23.9 Å². The first-order chi connectivity index (χ1) is 7.83. The molecule has 0 radical (unpaired) electrons. The number of aliphatic hydroxyl groups is 1. The molecule has 0 aliphatic carbocycles. The highest BCUT2D eigenvalue weighted by Crippen LogP contribution is 2.25. The van der Waals surface area contributed by atoms with Gasteiger partial charge in [-0.3, -0.25) is 0 Å². The molecule has 0 bridgehead atoms. The molecular weight excluding hydrogens is 218 g/mol. The molecule has 2 rings (SSSR count). The lowest BCUT2D eigenvalue weighted by molar-refractivity contribution is 0.282. The van der Waals surface area contributed by atoms with Crippen LogP contribution in [0.3, 0.4) is 0 Å². The number of nitrogens with zero attached hydrogens (tertiary/aromatic N) is 1. The van der Waals surface area contributed by atoms with E-state index >= 15 is 0 Å². The summed E-state index contributed by atoms with van der Waals surface area (Å²) in [6.07, 6.45) is 1.25. The summed E-state index contributed by atoms with van der Waals surface area (Å²) in [5.41, 5.74) is 2.28. The van der Waals surface area contributed by atoms with Gasteiger partial charge in [0.15, 0.2) is 0 Å². The number of benzene rings is 1. The predicted octanol–water partition coefficient (Wildman–Crippen LogP) is 2.51. The molecule has 0 aromatic heterocycles. The fraction of sp³-hybridized carbons (Fsp3) is 0.538. The van der Waals surface area contributed by atoms with Gasteiger partial charge in [0.25, 0.3) is 0 Å². The molecule has 1 heterocycles. The Morgan fingerprint density at radius 2 is 2.12 bits per heavy atom. The third-order valence-corrected chi connectivity index (χ3v) is 4.45. The molecule has 1 fully saturated rings. The van der Waals surface area contributed by atoms with Crippen LogP contribution in [0.1, 0.15) is 18.9 Å². The Morgan fingerprint density at radius 3 is 2.75 bits per heavy atom. The summed E-state index contributed by atoms with van der Waals surface area (Å²) in [5.74, 6) is 1.22. The van der Waals surface area contributed by atoms with E-state index in [4.69, 9.17) is 5.11 Å². The van der Waals surface area contributed by atoms with E-state index in [2.05, 4.69) is 35.7 Å². The van der Waals surface area contributed by atoms with Crippen molar-refractivity contribution in [2.24, 2.45) is 0 Å². The van der Waals surface area contributed by atoms with E-state index in [1.54, 1.807) is 0 Å². The van der Waals surface area contributed by atoms with Crippen molar-refractivity contribution >= 4 is 17.4 Å². The lowest BCUT2D eigenvalue weighted by Gasteiger charge is -2.33. The third kappa shape index (κ3) is 2.71. The molecule has 1 aliphatic rings. The third-order valence-electron chi connectivity index (χ3n) is 3.08. The largest absolute Gasteiger partial charge is 0.392 e. The van der Waals surface area contributed by atoms with Gasteiger partial charge in [0.1, 0.15) is 0 Å². The summed E-state index contributed by atoms with van der Waals surface area (Å²) >= 11 is 2.09. The van der Waals surface area contributed by atoms with Gasteiger partial charge in [-0.1, -0.05) is 19.1 Å². The van der Waals surface area contributed by atoms with E-state index in [9.17, 15) is 0 Å². The van der Waals surface area contributed by atoms with Crippen LogP contribution >= 0.6 is 11.8 Å². The van der Waals surface area contributed by atoms with Gasteiger partial charge in [0, 0.05) is 29.8 Å². The molecule has 16 heavy (non-hydrogen) atoms. The number of anilines is 1. The Hall–Kier alpha value is -0.670. The highest BCUT2D eigenvalue weighted by atomic mass is 32.2. The van der Waals surface area contributed by atoms with Crippen LogP contribution < -0.4 is 4.90 Å². The summed E-state index contributed by atoms with van der Waals surface area (Å²) in [5, 5.41) is 9.77. The van der Waals surface area contributed by atoms with Crippen LogP contribution in [-0.2, 0) is 6.61 Å². The van der Waals surface area contributed by atoms with E-state index in [0.29, 0.717) is 0 Å². The standard InChI is InChI=1S/C13H19NOS/c1-2-13-9-14(7-8-16-13)12-5-3-11(10-15)4-6-12/h3-6,13,15H,2,7-10H2,1H3. The number of rotatable bonds is 3. The molecule has 1 saturated heterocycles. The first kappa shape index (κ1) is 11.8. The van der Waals surface area contributed by atoms with Gasteiger partial charge in [0.05, 0.1) is 6.61 Å². The van der Waals surface area contributed by atoms with E-state index in [1.807, 2.05) is 12.1 Å². The van der Waals surface area contributed by atoms with Crippen LogP contribution in [0, 0.1) is 0 Å². The quantitative estimate of drug-likeness (QED) is 0.874. The molecule has 1 aromatic rings. The Morgan fingerprint density at radius 1 is 1.38 bits per heavy atom. The van der Waals surface area contributed by atoms with E-state index in [1.165, 1.54) is 17.9 Å².